The molecule has 0 unspecified atom stereocenters. The molecule has 0 aromatic carbocycles. The molecule has 0 bridgehead atoms. The molecule has 0 saturated carbocycles. The lowest BCUT2D eigenvalue weighted by Gasteiger charge is -2.14. The van der Waals surface area contributed by atoms with Gasteiger partial charge in [0.2, 0.25) is 0 Å². The fourth-order valence-electron chi connectivity index (χ4n) is 1.37. The van der Waals surface area contributed by atoms with Gasteiger partial charge in [-0.1, -0.05) is 0 Å². The Bertz CT molecular complexity index is 513. The second-order valence-electron chi connectivity index (χ2n) is 3.47. The first-order chi connectivity index (χ1) is 8.20. The van der Waals surface area contributed by atoms with Gasteiger partial charge in [-0.15, -0.1) is 0 Å². The third-order valence-corrected chi connectivity index (χ3v) is 2.12. The molecule has 17 heavy (non-hydrogen) atoms. The highest BCUT2D eigenvalue weighted by Gasteiger charge is 2.08. The molecule has 0 aliphatic heterocycles. The van der Waals surface area contributed by atoms with E-state index < -0.39 is 0 Å². The molecule has 1 rings (SSSR count). The summed E-state index contributed by atoms with van der Waals surface area (Å²) in [6.07, 6.45) is 6.30. The van der Waals surface area contributed by atoms with Crippen LogP contribution in [0, 0.1) is 22.7 Å². The van der Waals surface area contributed by atoms with Crippen LogP contribution in [-0.2, 0) is 0 Å². The van der Waals surface area contributed by atoms with Gasteiger partial charge in [0.05, 0.1) is 6.07 Å². The molecule has 0 saturated heterocycles. The summed E-state index contributed by atoms with van der Waals surface area (Å²) in [5, 5.41) is 17.7. The van der Waals surface area contributed by atoms with E-state index in [4.69, 9.17) is 10.5 Å². The quantitative estimate of drug-likeness (QED) is 0.581. The van der Waals surface area contributed by atoms with E-state index in [1.54, 1.807) is 49.6 Å². The first-order valence-corrected chi connectivity index (χ1v) is 4.99. The number of allylic oxidation sites excluding steroid dienone is 4. The van der Waals surface area contributed by atoms with Crippen LogP contribution in [0.25, 0.3) is 5.57 Å². The van der Waals surface area contributed by atoms with Crippen molar-refractivity contribution >= 4 is 5.57 Å². The second kappa shape index (κ2) is 6.09. The molecule has 0 aliphatic carbocycles. The summed E-state index contributed by atoms with van der Waals surface area (Å²) in [7, 11) is 3.58. The van der Waals surface area contributed by atoms with Crippen LogP contribution >= 0.6 is 0 Å². The van der Waals surface area contributed by atoms with E-state index >= 15 is 0 Å². The Hall–Kier alpha value is -2.59. The fourth-order valence-corrected chi connectivity index (χ4v) is 1.37. The Balaban J connectivity index is 3.38. The van der Waals surface area contributed by atoms with Crippen molar-refractivity contribution in [2.45, 2.75) is 0 Å². The van der Waals surface area contributed by atoms with Gasteiger partial charge in [0.15, 0.2) is 0 Å². The molecule has 0 fully saturated rings. The first-order valence-electron chi connectivity index (χ1n) is 4.99. The Morgan fingerprint density at radius 2 is 1.94 bits per heavy atom. The van der Waals surface area contributed by atoms with Gasteiger partial charge in [-0.05, 0) is 23.8 Å². The molecule has 0 N–H and O–H groups in total. The zero-order chi connectivity index (χ0) is 12.7. The Labute approximate surface area is 101 Å². The zero-order valence-corrected chi connectivity index (χ0v) is 9.75. The molecule has 0 atom stereocenters. The van der Waals surface area contributed by atoms with Gasteiger partial charge in [0, 0.05) is 38.1 Å². The van der Waals surface area contributed by atoms with Crippen LogP contribution < -0.4 is 0 Å². The van der Waals surface area contributed by atoms with Crippen molar-refractivity contribution in [2.24, 2.45) is 0 Å². The van der Waals surface area contributed by atoms with E-state index in [0.29, 0.717) is 11.3 Å². The van der Waals surface area contributed by atoms with Crippen molar-refractivity contribution < 1.29 is 0 Å². The van der Waals surface area contributed by atoms with Crippen LogP contribution in [0.5, 0.6) is 0 Å². The molecule has 84 valence electrons. The van der Waals surface area contributed by atoms with Gasteiger partial charge in [0.25, 0.3) is 0 Å². The number of nitriles is 2. The van der Waals surface area contributed by atoms with Gasteiger partial charge < -0.3 is 4.90 Å². The lowest BCUT2D eigenvalue weighted by atomic mass is 10.0. The summed E-state index contributed by atoms with van der Waals surface area (Å²) < 4.78 is 0. The summed E-state index contributed by atoms with van der Waals surface area (Å²) in [6.45, 7) is 0. The Morgan fingerprint density at radius 3 is 2.41 bits per heavy atom. The van der Waals surface area contributed by atoms with Gasteiger partial charge >= 0.3 is 0 Å². The maximum atomic E-state index is 9.15. The SMILES string of the molecule is CN(C)C(C#N)=C(C=CC#N)c1ccncc1. The molecule has 4 heteroatoms. The Kier molecular flexibility index (Phi) is 4.47. The predicted octanol–water partition coefficient (Wildman–Crippen LogP) is 1.96. The predicted molar refractivity (Wildman–Crippen MR) is 65.2 cm³/mol. The van der Waals surface area contributed by atoms with E-state index in [9.17, 15) is 0 Å². The number of hydrogen-bond acceptors (Lipinski definition) is 4. The van der Waals surface area contributed by atoms with Crippen LogP contribution in [0.4, 0.5) is 0 Å². The number of rotatable bonds is 3. The van der Waals surface area contributed by atoms with E-state index in [2.05, 4.69) is 11.1 Å². The number of hydrogen-bond donors (Lipinski definition) is 0. The number of nitrogens with zero attached hydrogens (tertiary/aromatic N) is 4. The molecule has 1 heterocycles. The summed E-state index contributed by atoms with van der Waals surface area (Å²) in [5.74, 6) is 0. The number of pyridine rings is 1. The molecule has 0 amide bonds. The monoisotopic (exact) mass is 224 g/mol. The highest BCUT2D eigenvalue weighted by Crippen LogP contribution is 2.20. The van der Waals surface area contributed by atoms with E-state index in [0.717, 1.165) is 5.56 Å². The molecule has 0 spiro atoms. The standard InChI is InChI=1S/C13H12N4/c1-17(2)13(10-15)12(4-3-7-14)11-5-8-16-9-6-11/h3-6,8-9H,1-2H3. The van der Waals surface area contributed by atoms with Crippen molar-refractivity contribution in [1.82, 2.24) is 9.88 Å². The zero-order valence-electron chi connectivity index (χ0n) is 9.75. The fraction of sp³-hybridized carbons (Fsp3) is 0.154. The first kappa shape index (κ1) is 12.5. The average Bonchev–Trinajstić information content (AvgIpc) is 2.35. The lowest BCUT2D eigenvalue weighted by molar-refractivity contribution is 0.536. The summed E-state index contributed by atoms with van der Waals surface area (Å²) in [5.41, 5.74) is 2.07. The highest BCUT2D eigenvalue weighted by atomic mass is 15.1. The van der Waals surface area contributed by atoms with E-state index in [1.165, 1.54) is 6.08 Å². The lowest BCUT2D eigenvalue weighted by Crippen LogP contribution is -2.11. The minimum Gasteiger partial charge on any atom is -0.369 e. The van der Waals surface area contributed by atoms with E-state index in [1.807, 2.05) is 6.07 Å². The van der Waals surface area contributed by atoms with Crippen LogP contribution in [0.1, 0.15) is 5.56 Å². The summed E-state index contributed by atoms with van der Waals surface area (Å²) in [6, 6.07) is 7.67. The normalized spacial score (nSPS) is 11.5. The third kappa shape index (κ3) is 3.19. The summed E-state index contributed by atoms with van der Waals surface area (Å²) >= 11 is 0. The molecular formula is C13H12N4. The molecule has 1 aromatic rings. The van der Waals surface area contributed by atoms with Gasteiger partial charge in [-0.25, -0.2) is 0 Å². The maximum absolute atomic E-state index is 9.15. The molecule has 1 aromatic heterocycles. The van der Waals surface area contributed by atoms with E-state index in [-0.39, 0.29) is 0 Å². The van der Waals surface area contributed by atoms with Crippen molar-refractivity contribution in [3.8, 4) is 12.1 Å². The topological polar surface area (TPSA) is 63.7 Å². The minimum absolute atomic E-state index is 0.503. The molecule has 0 radical (unpaired) electrons. The smallest absolute Gasteiger partial charge is 0.123 e. The third-order valence-electron chi connectivity index (χ3n) is 2.12. The van der Waals surface area contributed by atoms with Crippen LogP contribution in [-0.4, -0.2) is 24.0 Å². The van der Waals surface area contributed by atoms with Crippen molar-refractivity contribution in [1.29, 1.82) is 10.5 Å². The average molecular weight is 224 g/mol. The van der Waals surface area contributed by atoms with Crippen molar-refractivity contribution in [3.63, 3.8) is 0 Å². The molecular weight excluding hydrogens is 212 g/mol. The number of aromatic nitrogens is 1. The second-order valence-corrected chi connectivity index (χ2v) is 3.47. The van der Waals surface area contributed by atoms with Crippen LogP contribution in [0.3, 0.4) is 0 Å². The molecule has 4 nitrogen and oxygen atoms in total. The highest BCUT2D eigenvalue weighted by molar-refractivity contribution is 5.78. The van der Waals surface area contributed by atoms with Crippen molar-refractivity contribution in [3.05, 3.63) is 47.9 Å². The van der Waals surface area contributed by atoms with Crippen molar-refractivity contribution in [2.75, 3.05) is 14.1 Å². The van der Waals surface area contributed by atoms with Crippen LogP contribution in [0.15, 0.2) is 42.4 Å². The van der Waals surface area contributed by atoms with Gasteiger partial charge in [0.1, 0.15) is 11.8 Å². The maximum Gasteiger partial charge on any atom is 0.123 e. The van der Waals surface area contributed by atoms with Gasteiger partial charge in [-0.2, -0.15) is 10.5 Å². The van der Waals surface area contributed by atoms with Crippen LogP contribution in [0.2, 0.25) is 0 Å². The Morgan fingerprint density at radius 1 is 1.29 bits per heavy atom. The summed E-state index contributed by atoms with van der Waals surface area (Å²) in [4.78, 5) is 5.65. The van der Waals surface area contributed by atoms with Gasteiger partial charge in [-0.3, -0.25) is 4.98 Å². The molecule has 0 aliphatic rings. The minimum atomic E-state index is 0.503. The largest absolute Gasteiger partial charge is 0.369 e.